The van der Waals surface area contributed by atoms with Gasteiger partial charge in [-0.3, -0.25) is 4.98 Å². The maximum Gasteiger partial charge on any atom is 0.147 e. The molecule has 2 rings (SSSR count). The monoisotopic (exact) mass is 248 g/mol. The first kappa shape index (κ1) is 11.7. The lowest BCUT2D eigenvalue weighted by molar-refractivity contribution is 1.08. The van der Waals surface area contributed by atoms with Crippen molar-refractivity contribution in [2.45, 2.75) is 6.54 Å². The average Bonchev–Trinajstić information content (AvgIpc) is 2.37. The molecule has 0 spiro atoms. The summed E-state index contributed by atoms with van der Waals surface area (Å²) in [6, 6.07) is 7.71. The smallest absolute Gasteiger partial charge is 0.147 e. The topological polar surface area (TPSA) is 49.8 Å². The fraction of sp³-hybridized carbons (Fsp3) is 0.167. The average molecular weight is 249 g/mol. The Morgan fingerprint density at radius 1 is 1.24 bits per heavy atom. The van der Waals surface area contributed by atoms with E-state index in [1.807, 2.05) is 31.3 Å². The Hall–Kier alpha value is -1.81. The van der Waals surface area contributed by atoms with Crippen LogP contribution in [0, 0.1) is 0 Å². The number of benzene rings is 1. The Morgan fingerprint density at radius 3 is 2.82 bits per heavy atom. The quantitative estimate of drug-likeness (QED) is 0.874. The highest BCUT2D eigenvalue weighted by Crippen LogP contribution is 2.12. The first-order valence-electron chi connectivity index (χ1n) is 5.26. The highest BCUT2D eigenvalue weighted by atomic mass is 35.5. The van der Waals surface area contributed by atoms with Gasteiger partial charge in [0.25, 0.3) is 0 Å². The van der Waals surface area contributed by atoms with Crippen LogP contribution in [0.25, 0.3) is 0 Å². The molecule has 0 unspecified atom stereocenters. The summed E-state index contributed by atoms with van der Waals surface area (Å²) in [5.41, 5.74) is 1.11. The van der Waals surface area contributed by atoms with Gasteiger partial charge in [-0.1, -0.05) is 23.7 Å². The fourth-order valence-corrected chi connectivity index (χ4v) is 1.62. The summed E-state index contributed by atoms with van der Waals surface area (Å²) in [4.78, 5) is 8.38. The van der Waals surface area contributed by atoms with Crippen LogP contribution < -0.4 is 10.6 Å². The summed E-state index contributed by atoms with van der Waals surface area (Å²) >= 11 is 5.91. The minimum absolute atomic E-state index is 0.669. The number of halogens is 1. The summed E-state index contributed by atoms with van der Waals surface area (Å²) in [5.74, 6) is 1.47. The lowest BCUT2D eigenvalue weighted by Crippen LogP contribution is -2.03. The summed E-state index contributed by atoms with van der Waals surface area (Å²) in [6.45, 7) is 0.669. The van der Waals surface area contributed by atoms with Crippen LogP contribution in [0.3, 0.4) is 0 Å². The molecule has 0 saturated heterocycles. The fourth-order valence-electron chi connectivity index (χ4n) is 1.41. The normalized spacial score (nSPS) is 10.0. The molecule has 0 bridgehead atoms. The maximum atomic E-state index is 5.91. The molecule has 1 heterocycles. The van der Waals surface area contributed by atoms with Gasteiger partial charge in [0, 0.05) is 18.6 Å². The van der Waals surface area contributed by atoms with E-state index >= 15 is 0 Å². The van der Waals surface area contributed by atoms with E-state index in [2.05, 4.69) is 20.6 Å². The molecule has 0 saturated carbocycles. The molecule has 1 aromatic heterocycles. The van der Waals surface area contributed by atoms with E-state index in [1.165, 1.54) is 0 Å². The number of hydrogen-bond donors (Lipinski definition) is 2. The summed E-state index contributed by atoms with van der Waals surface area (Å²) in [7, 11) is 1.81. The zero-order valence-corrected chi connectivity index (χ0v) is 10.2. The van der Waals surface area contributed by atoms with Crippen LogP contribution in [-0.4, -0.2) is 17.0 Å². The van der Waals surface area contributed by atoms with Crippen molar-refractivity contribution in [3.8, 4) is 0 Å². The van der Waals surface area contributed by atoms with Gasteiger partial charge in [-0.15, -0.1) is 0 Å². The lowest BCUT2D eigenvalue weighted by Gasteiger charge is -2.07. The molecule has 1 aromatic carbocycles. The van der Waals surface area contributed by atoms with Gasteiger partial charge in [-0.25, -0.2) is 4.98 Å². The Labute approximate surface area is 105 Å². The second-order valence-electron chi connectivity index (χ2n) is 3.52. The number of nitrogens with one attached hydrogen (secondary N) is 2. The first-order chi connectivity index (χ1) is 8.28. The molecule has 4 nitrogen and oxygen atoms in total. The van der Waals surface area contributed by atoms with Crippen LogP contribution in [0.1, 0.15) is 5.56 Å². The molecule has 88 valence electrons. The lowest BCUT2D eigenvalue weighted by atomic mass is 10.2. The van der Waals surface area contributed by atoms with Crippen LogP contribution in [-0.2, 0) is 6.54 Å². The van der Waals surface area contributed by atoms with Gasteiger partial charge in [-0.05, 0) is 17.7 Å². The highest BCUT2D eigenvalue weighted by Gasteiger charge is 1.98. The Morgan fingerprint density at radius 2 is 2.06 bits per heavy atom. The number of anilines is 2. The molecule has 5 heteroatoms. The van der Waals surface area contributed by atoms with Gasteiger partial charge < -0.3 is 10.6 Å². The molecular weight excluding hydrogens is 236 g/mol. The van der Waals surface area contributed by atoms with Crippen LogP contribution in [0.15, 0.2) is 36.7 Å². The second-order valence-corrected chi connectivity index (χ2v) is 3.96. The largest absolute Gasteiger partial charge is 0.372 e. The second kappa shape index (κ2) is 5.50. The van der Waals surface area contributed by atoms with Crippen molar-refractivity contribution in [2.24, 2.45) is 0 Å². The molecule has 0 radical (unpaired) electrons. The van der Waals surface area contributed by atoms with Crippen molar-refractivity contribution in [2.75, 3.05) is 17.7 Å². The van der Waals surface area contributed by atoms with E-state index in [9.17, 15) is 0 Å². The van der Waals surface area contributed by atoms with Crippen LogP contribution >= 0.6 is 11.6 Å². The van der Waals surface area contributed by atoms with Crippen molar-refractivity contribution < 1.29 is 0 Å². The Kier molecular flexibility index (Phi) is 3.77. The van der Waals surface area contributed by atoms with Crippen LogP contribution in [0.5, 0.6) is 0 Å². The van der Waals surface area contributed by atoms with Crippen molar-refractivity contribution in [3.63, 3.8) is 0 Å². The SMILES string of the molecule is CNc1cncc(NCc2cccc(Cl)c2)n1. The number of rotatable bonds is 4. The third-order valence-corrected chi connectivity index (χ3v) is 2.49. The van der Waals surface area contributed by atoms with E-state index in [0.717, 1.165) is 22.2 Å². The molecule has 0 aliphatic carbocycles. The van der Waals surface area contributed by atoms with Crippen molar-refractivity contribution in [3.05, 3.63) is 47.2 Å². The van der Waals surface area contributed by atoms with Crippen LogP contribution in [0.4, 0.5) is 11.6 Å². The summed E-state index contributed by atoms with van der Waals surface area (Å²) in [6.07, 6.45) is 3.36. The van der Waals surface area contributed by atoms with E-state index in [0.29, 0.717) is 6.54 Å². The molecule has 0 atom stereocenters. The van der Waals surface area contributed by atoms with Gasteiger partial charge in [0.1, 0.15) is 11.6 Å². The summed E-state index contributed by atoms with van der Waals surface area (Å²) in [5, 5.41) is 6.87. The molecule has 2 N–H and O–H groups in total. The van der Waals surface area contributed by atoms with Gasteiger partial charge in [0.15, 0.2) is 0 Å². The van der Waals surface area contributed by atoms with Crippen LogP contribution in [0.2, 0.25) is 5.02 Å². The highest BCUT2D eigenvalue weighted by molar-refractivity contribution is 6.30. The van der Waals surface area contributed by atoms with Gasteiger partial charge in [0.2, 0.25) is 0 Å². The Balaban J connectivity index is 2.02. The third kappa shape index (κ3) is 3.32. The van der Waals surface area contributed by atoms with Crippen molar-refractivity contribution in [1.82, 2.24) is 9.97 Å². The van der Waals surface area contributed by atoms with E-state index in [1.54, 1.807) is 12.4 Å². The Bertz CT molecular complexity index is 501. The van der Waals surface area contributed by atoms with Gasteiger partial charge in [-0.2, -0.15) is 0 Å². The molecule has 2 aromatic rings. The molecular formula is C12H13ClN4. The zero-order valence-electron chi connectivity index (χ0n) is 9.44. The molecule has 0 aliphatic rings. The minimum atomic E-state index is 0.669. The predicted octanol–water partition coefficient (Wildman–Crippen LogP) is 2.78. The van der Waals surface area contributed by atoms with Gasteiger partial charge >= 0.3 is 0 Å². The molecule has 0 amide bonds. The standard InChI is InChI=1S/C12H13ClN4/c1-14-11-7-15-8-12(17-11)16-6-9-3-2-4-10(13)5-9/h2-5,7-8H,6H2,1H3,(H2,14,16,17). The van der Waals surface area contributed by atoms with Gasteiger partial charge in [0.05, 0.1) is 12.4 Å². The molecule has 17 heavy (non-hydrogen) atoms. The third-order valence-electron chi connectivity index (χ3n) is 2.25. The summed E-state index contributed by atoms with van der Waals surface area (Å²) < 4.78 is 0. The number of aromatic nitrogens is 2. The van der Waals surface area contributed by atoms with Crippen molar-refractivity contribution in [1.29, 1.82) is 0 Å². The molecule has 0 aliphatic heterocycles. The molecule has 0 fully saturated rings. The van der Waals surface area contributed by atoms with E-state index < -0.39 is 0 Å². The first-order valence-corrected chi connectivity index (χ1v) is 5.64. The predicted molar refractivity (Wildman–Crippen MR) is 70.4 cm³/mol. The minimum Gasteiger partial charge on any atom is -0.372 e. The van der Waals surface area contributed by atoms with E-state index in [-0.39, 0.29) is 0 Å². The number of hydrogen-bond acceptors (Lipinski definition) is 4. The number of nitrogens with zero attached hydrogens (tertiary/aromatic N) is 2. The van der Waals surface area contributed by atoms with E-state index in [4.69, 9.17) is 11.6 Å². The van der Waals surface area contributed by atoms with Crippen molar-refractivity contribution >= 4 is 23.2 Å². The maximum absolute atomic E-state index is 5.91. The zero-order chi connectivity index (χ0) is 12.1.